The lowest BCUT2D eigenvalue weighted by atomic mass is 10.1. The zero-order chi connectivity index (χ0) is 17.0. The number of sulfone groups is 1. The van der Waals surface area contributed by atoms with Crippen LogP contribution in [0.4, 0.5) is 0 Å². The van der Waals surface area contributed by atoms with E-state index in [1.807, 2.05) is 26.4 Å². The second kappa shape index (κ2) is 7.38. The molecule has 1 N–H and O–H groups in total. The first kappa shape index (κ1) is 17.8. The van der Waals surface area contributed by atoms with Crippen LogP contribution in [-0.2, 0) is 23.4 Å². The van der Waals surface area contributed by atoms with E-state index in [0.29, 0.717) is 12.3 Å². The molecule has 0 radical (unpaired) electrons. The van der Waals surface area contributed by atoms with Gasteiger partial charge in [-0.05, 0) is 38.3 Å². The van der Waals surface area contributed by atoms with E-state index in [4.69, 9.17) is 0 Å². The van der Waals surface area contributed by atoms with Gasteiger partial charge in [-0.1, -0.05) is 0 Å². The monoisotopic (exact) mass is 340 g/mol. The van der Waals surface area contributed by atoms with E-state index in [0.717, 1.165) is 18.9 Å². The maximum Gasteiger partial charge on any atom is 0.194 e. The fourth-order valence-electron chi connectivity index (χ4n) is 2.74. The molecule has 23 heavy (non-hydrogen) atoms. The molecule has 0 spiro atoms. The molecule has 1 fully saturated rings. The van der Waals surface area contributed by atoms with Crippen molar-refractivity contribution < 1.29 is 8.42 Å². The Bertz CT molecular complexity index is 649. The van der Waals surface area contributed by atoms with Crippen molar-refractivity contribution in [3.8, 4) is 0 Å². The van der Waals surface area contributed by atoms with Gasteiger partial charge in [0.1, 0.15) is 0 Å². The summed E-state index contributed by atoms with van der Waals surface area (Å²) in [5, 5.41) is 3.37. The van der Waals surface area contributed by atoms with Crippen molar-refractivity contribution in [2.75, 3.05) is 25.1 Å². The van der Waals surface area contributed by atoms with Crippen molar-refractivity contribution in [3.05, 3.63) is 24.0 Å². The highest BCUT2D eigenvalue weighted by molar-refractivity contribution is 7.91. The van der Waals surface area contributed by atoms with E-state index >= 15 is 0 Å². The number of hydrogen-bond acceptors (Lipinski definition) is 3. The molecule has 1 aliphatic rings. The summed E-state index contributed by atoms with van der Waals surface area (Å²) in [5.41, 5.74) is 1.20. The summed E-state index contributed by atoms with van der Waals surface area (Å²) in [6, 6.07) is 4.39. The molecule has 0 aliphatic carbocycles. The zero-order valence-electron chi connectivity index (χ0n) is 14.5. The number of nitrogens with zero attached hydrogens (tertiary/aromatic N) is 3. The minimum absolute atomic E-state index is 0.146. The predicted octanol–water partition coefficient (Wildman–Crippen LogP) is 1.25. The quantitative estimate of drug-likeness (QED) is 0.647. The third kappa shape index (κ3) is 5.27. The van der Waals surface area contributed by atoms with Crippen LogP contribution in [0.1, 0.15) is 26.0 Å². The Hall–Kier alpha value is -1.50. The lowest BCUT2D eigenvalue weighted by Crippen LogP contribution is -2.42. The van der Waals surface area contributed by atoms with Gasteiger partial charge in [0.25, 0.3) is 0 Å². The van der Waals surface area contributed by atoms with Crippen LogP contribution in [0.5, 0.6) is 0 Å². The summed E-state index contributed by atoms with van der Waals surface area (Å²) < 4.78 is 25.2. The molecular weight excluding hydrogens is 312 g/mol. The molecule has 2 rings (SSSR count). The highest BCUT2D eigenvalue weighted by Crippen LogP contribution is 2.18. The first-order valence-electron chi connectivity index (χ1n) is 8.09. The number of nitrogens with one attached hydrogen (secondary N) is 1. The summed E-state index contributed by atoms with van der Waals surface area (Å²) in [5.74, 6) is 1.55. The highest BCUT2D eigenvalue weighted by atomic mass is 32.2. The lowest BCUT2D eigenvalue weighted by molar-refractivity contribution is 0.449. The van der Waals surface area contributed by atoms with Crippen LogP contribution < -0.4 is 5.32 Å². The maximum atomic E-state index is 11.6. The first-order valence-corrected chi connectivity index (χ1v) is 9.91. The van der Waals surface area contributed by atoms with Gasteiger partial charge in [-0.3, -0.25) is 4.99 Å². The van der Waals surface area contributed by atoms with Crippen LogP contribution in [-0.4, -0.2) is 55.0 Å². The van der Waals surface area contributed by atoms with Crippen LogP contribution in [0.25, 0.3) is 0 Å². The Morgan fingerprint density at radius 1 is 1.52 bits per heavy atom. The van der Waals surface area contributed by atoms with Crippen LogP contribution in [0.3, 0.4) is 0 Å². The average molecular weight is 340 g/mol. The Labute approximate surface area is 139 Å². The van der Waals surface area contributed by atoms with Gasteiger partial charge in [-0.25, -0.2) is 8.42 Å². The second-order valence-corrected chi connectivity index (χ2v) is 8.93. The van der Waals surface area contributed by atoms with E-state index in [1.165, 1.54) is 5.69 Å². The van der Waals surface area contributed by atoms with Crippen LogP contribution >= 0.6 is 0 Å². The van der Waals surface area contributed by atoms with Gasteiger partial charge in [-0.2, -0.15) is 0 Å². The molecule has 0 aromatic carbocycles. The van der Waals surface area contributed by atoms with E-state index in [1.54, 1.807) is 0 Å². The number of guanidine groups is 1. The molecule has 1 aromatic rings. The molecule has 1 unspecified atom stereocenters. The second-order valence-electron chi connectivity index (χ2n) is 6.70. The largest absolute Gasteiger partial charge is 0.354 e. The summed E-state index contributed by atoms with van der Waals surface area (Å²) in [4.78, 5) is 6.76. The van der Waals surface area contributed by atoms with Crippen molar-refractivity contribution in [1.82, 2.24) is 14.8 Å². The fourth-order valence-corrected chi connectivity index (χ4v) is 4.59. The predicted molar refractivity (Wildman–Crippen MR) is 94.2 cm³/mol. The Morgan fingerprint density at radius 2 is 2.26 bits per heavy atom. The van der Waals surface area contributed by atoms with Crippen molar-refractivity contribution in [2.24, 2.45) is 18.0 Å². The molecule has 0 saturated carbocycles. The molecular formula is C16H28N4O2S. The first-order chi connectivity index (χ1) is 10.8. The maximum absolute atomic E-state index is 11.6. The Balaban J connectivity index is 2.03. The lowest BCUT2D eigenvalue weighted by Gasteiger charge is -2.25. The smallest absolute Gasteiger partial charge is 0.194 e. The van der Waals surface area contributed by atoms with Gasteiger partial charge < -0.3 is 14.8 Å². The average Bonchev–Trinajstić information content (AvgIpc) is 3.00. The van der Waals surface area contributed by atoms with Crippen molar-refractivity contribution in [2.45, 2.75) is 32.9 Å². The van der Waals surface area contributed by atoms with E-state index < -0.39 is 9.84 Å². The molecule has 2 heterocycles. The fraction of sp³-hybridized carbons (Fsp3) is 0.688. The van der Waals surface area contributed by atoms with Gasteiger partial charge >= 0.3 is 0 Å². The number of rotatable bonds is 5. The molecule has 1 aliphatic heterocycles. The standard InChI is InChI=1S/C16H28N4O2S/c1-13(2)18-16(17-10-14-7-9-23(21,22)12-14)20(4)11-15-6-5-8-19(15)3/h5-6,8,13-14H,7,9-12H2,1-4H3,(H,17,18). The van der Waals surface area contributed by atoms with E-state index in [9.17, 15) is 8.42 Å². The molecule has 130 valence electrons. The molecule has 0 bridgehead atoms. The summed E-state index contributed by atoms with van der Waals surface area (Å²) in [6.07, 6.45) is 2.75. The topological polar surface area (TPSA) is 66.7 Å². The molecule has 0 amide bonds. The molecule has 1 saturated heterocycles. The van der Waals surface area contributed by atoms with Crippen LogP contribution in [0.2, 0.25) is 0 Å². The Kier molecular flexibility index (Phi) is 5.73. The molecule has 6 nitrogen and oxygen atoms in total. The summed E-state index contributed by atoms with van der Waals surface area (Å²) in [6.45, 7) is 5.47. The molecule has 7 heteroatoms. The van der Waals surface area contributed by atoms with Crippen molar-refractivity contribution >= 4 is 15.8 Å². The molecule has 1 aromatic heterocycles. The summed E-state index contributed by atoms with van der Waals surface area (Å²) >= 11 is 0. The molecule has 1 atom stereocenters. The highest BCUT2D eigenvalue weighted by Gasteiger charge is 2.27. The number of aryl methyl sites for hydroxylation is 1. The number of aromatic nitrogens is 1. The SMILES string of the molecule is CC(C)NC(=NCC1CCS(=O)(=O)C1)N(C)Cc1cccn1C. The van der Waals surface area contributed by atoms with Gasteiger partial charge in [0.2, 0.25) is 0 Å². The Morgan fingerprint density at radius 3 is 2.78 bits per heavy atom. The van der Waals surface area contributed by atoms with Crippen molar-refractivity contribution in [3.63, 3.8) is 0 Å². The minimum Gasteiger partial charge on any atom is -0.354 e. The third-order valence-corrected chi connectivity index (χ3v) is 5.89. The van der Waals surface area contributed by atoms with E-state index in [-0.39, 0.29) is 17.7 Å². The van der Waals surface area contributed by atoms with E-state index in [2.05, 4.69) is 39.7 Å². The van der Waals surface area contributed by atoms with Gasteiger partial charge in [0.15, 0.2) is 15.8 Å². The minimum atomic E-state index is -2.84. The van der Waals surface area contributed by atoms with Crippen molar-refractivity contribution in [1.29, 1.82) is 0 Å². The van der Waals surface area contributed by atoms with Crippen LogP contribution in [0.15, 0.2) is 23.3 Å². The van der Waals surface area contributed by atoms with Gasteiger partial charge in [-0.15, -0.1) is 0 Å². The normalized spacial score (nSPS) is 20.9. The number of hydrogen-bond donors (Lipinski definition) is 1. The summed E-state index contributed by atoms with van der Waals surface area (Å²) in [7, 11) is 1.19. The van der Waals surface area contributed by atoms with Crippen LogP contribution in [0, 0.1) is 5.92 Å². The number of aliphatic imine (C=N–C) groups is 1. The van der Waals surface area contributed by atoms with Gasteiger partial charge in [0, 0.05) is 38.6 Å². The zero-order valence-corrected chi connectivity index (χ0v) is 15.3. The third-order valence-electron chi connectivity index (χ3n) is 4.06. The van der Waals surface area contributed by atoms with Gasteiger partial charge in [0.05, 0.1) is 18.1 Å².